The summed E-state index contributed by atoms with van der Waals surface area (Å²) in [6, 6.07) is 15.3. The van der Waals surface area contributed by atoms with Crippen LogP contribution in [-0.4, -0.2) is 20.1 Å². The van der Waals surface area contributed by atoms with Crippen LogP contribution in [0.15, 0.2) is 48.5 Å². The number of hydrogen-bond donors (Lipinski definition) is 2. The smallest absolute Gasteiger partial charge is 0.235 e. The van der Waals surface area contributed by atoms with E-state index in [4.69, 9.17) is 0 Å². The Kier molecular flexibility index (Phi) is 5.15. The maximum absolute atomic E-state index is 12.6. The molecular weight excluding hydrogens is 372 g/mol. The van der Waals surface area contributed by atoms with Crippen molar-refractivity contribution in [1.29, 1.82) is 0 Å². The van der Waals surface area contributed by atoms with E-state index in [0.29, 0.717) is 12.1 Å². The molecule has 2 aromatic rings. The van der Waals surface area contributed by atoms with Crippen molar-refractivity contribution in [2.45, 2.75) is 50.4 Å². The number of fused-ring (bicyclic) bond motifs is 2. The third kappa shape index (κ3) is 3.78. The van der Waals surface area contributed by atoms with Crippen LogP contribution in [0.25, 0.3) is 0 Å². The molecule has 2 aliphatic rings. The van der Waals surface area contributed by atoms with E-state index in [1.807, 2.05) is 42.5 Å². The normalized spacial score (nSPS) is 17.9. The Morgan fingerprint density at radius 1 is 1.00 bits per heavy atom. The van der Waals surface area contributed by atoms with Crippen molar-refractivity contribution < 1.29 is 13.2 Å². The first kappa shape index (κ1) is 19.0. The van der Waals surface area contributed by atoms with Crippen molar-refractivity contribution in [1.82, 2.24) is 0 Å². The third-order valence-corrected chi connectivity index (χ3v) is 7.29. The summed E-state index contributed by atoms with van der Waals surface area (Å²) in [6.45, 7) is 0. The van der Waals surface area contributed by atoms with Gasteiger partial charge >= 0.3 is 0 Å². The van der Waals surface area contributed by atoms with Crippen molar-refractivity contribution in [3.8, 4) is 0 Å². The number of carbonyl (C=O) groups is 1. The number of anilines is 2. The van der Waals surface area contributed by atoms with Crippen LogP contribution in [0.5, 0.6) is 0 Å². The second-order valence-electron chi connectivity index (χ2n) is 7.87. The molecule has 0 atom stereocenters. The Labute approximate surface area is 166 Å². The Balaban J connectivity index is 1.46. The molecule has 148 valence electrons. The van der Waals surface area contributed by atoms with E-state index in [1.165, 1.54) is 0 Å². The molecule has 6 heteroatoms. The van der Waals surface area contributed by atoms with Gasteiger partial charge in [0.25, 0.3) is 0 Å². The molecule has 1 fully saturated rings. The van der Waals surface area contributed by atoms with Crippen LogP contribution in [0.2, 0.25) is 0 Å². The van der Waals surface area contributed by atoms with Gasteiger partial charge in [-0.15, -0.1) is 0 Å². The lowest BCUT2D eigenvalue weighted by Crippen LogP contribution is -2.36. The monoisotopic (exact) mass is 398 g/mol. The molecule has 1 aliphatic carbocycles. The zero-order valence-electron chi connectivity index (χ0n) is 15.9. The first-order valence-electron chi connectivity index (χ1n) is 9.99. The number of nitrogens with one attached hydrogen (secondary N) is 2. The van der Waals surface area contributed by atoms with Crippen LogP contribution < -0.4 is 10.0 Å². The van der Waals surface area contributed by atoms with Crippen LogP contribution in [0.3, 0.4) is 0 Å². The predicted molar refractivity (Wildman–Crippen MR) is 112 cm³/mol. The van der Waals surface area contributed by atoms with Crippen LogP contribution in [0.4, 0.5) is 11.4 Å². The molecule has 1 aliphatic heterocycles. The topological polar surface area (TPSA) is 75.3 Å². The summed E-state index contributed by atoms with van der Waals surface area (Å²) in [5.74, 6) is 0.131. The zero-order valence-corrected chi connectivity index (χ0v) is 16.7. The highest BCUT2D eigenvalue weighted by atomic mass is 32.2. The van der Waals surface area contributed by atoms with Crippen LogP contribution in [-0.2, 0) is 26.7 Å². The van der Waals surface area contributed by atoms with Gasteiger partial charge in [-0.1, -0.05) is 49.6 Å². The summed E-state index contributed by atoms with van der Waals surface area (Å²) in [4.78, 5) is 12.6. The molecule has 1 spiro atoms. The van der Waals surface area contributed by atoms with Gasteiger partial charge in [0.2, 0.25) is 15.9 Å². The molecule has 1 heterocycles. The Bertz CT molecular complexity index is 965. The molecule has 0 bridgehead atoms. The fraction of sp³-hybridized carbons (Fsp3) is 0.409. The summed E-state index contributed by atoms with van der Waals surface area (Å²) in [5.41, 5.74) is 2.96. The Hall–Kier alpha value is -2.34. The number of aryl methyl sites for hydroxylation is 1. The molecule has 0 unspecified atom stereocenters. The molecule has 0 saturated heterocycles. The minimum Gasteiger partial charge on any atom is -0.325 e. The second-order valence-corrected chi connectivity index (χ2v) is 9.71. The van der Waals surface area contributed by atoms with E-state index in [9.17, 15) is 13.2 Å². The fourth-order valence-electron chi connectivity index (χ4n) is 4.47. The Morgan fingerprint density at radius 2 is 1.75 bits per heavy atom. The fourth-order valence-corrected chi connectivity index (χ4v) is 5.58. The number of amides is 1. The molecule has 1 saturated carbocycles. The average molecular weight is 399 g/mol. The van der Waals surface area contributed by atoms with E-state index in [1.54, 1.807) is 6.07 Å². The van der Waals surface area contributed by atoms with E-state index < -0.39 is 15.4 Å². The lowest BCUT2D eigenvalue weighted by molar-refractivity contribution is -0.121. The quantitative estimate of drug-likeness (QED) is 0.765. The summed E-state index contributed by atoms with van der Waals surface area (Å²) < 4.78 is 27.8. The molecule has 2 aromatic carbocycles. The summed E-state index contributed by atoms with van der Waals surface area (Å²) in [7, 11) is -3.43. The van der Waals surface area contributed by atoms with Crippen LogP contribution in [0, 0.1) is 0 Å². The molecule has 28 heavy (non-hydrogen) atoms. The number of benzene rings is 2. The van der Waals surface area contributed by atoms with Gasteiger partial charge in [-0.3, -0.25) is 9.52 Å². The van der Waals surface area contributed by atoms with Gasteiger partial charge in [-0.25, -0.2) is 8.42 Å². The van der Waals surface area contributed by atoms with Gasteiger partial charge in [0, 0.05) is 11.4 Å². The molecule has 0 aromatic heterocycles. The van der Waals surface area contributed by atoms with E-state index in [0.717, 1.165) is 55.3 Å². The van der Waals surface area contributed by atoms with Crippen molar-refractivity contribution in [2.75, 3.05) is 15.8 Å². The summed E-state index contributed by atoms with van der Waals surface area (Å²) in [6.07, 6.45) is 6.17. The summed E-state index contributed by atoms with van der Waals surface area (Å²) >= 11 is 0. The molecule has 0 radical (unpaired) electrons. The molecule has 5 nitrogen and oxygen atoms in total. The SMILES string of the molecule is O=C1Nc2ccc(NS(=O)(=O)CCCc3ccccc3)cc2C12CCCCC2. The molecule has 2 N–H and O–H groups in total. The first-order valence-corrected chi connectivity index (χ1v) is 11.6. The lowest BCUT2D eigenvalue weighted by Gasteiger charge is -2.31. The summed E-state index contributed by atoms with van der Waals surface area (Å²) in [5, 5.41) is 2.98. The van der Waals surface area contributed by atoms with Gasteiger partial charge < -0.3 is 5.32 Å². The van der Waals surface area contributed by atoms with Crippen molar-refractivity contribution in [2.24, 2.45) is 0 Å². The van der Waals surface area contributed by atoms with Gasteiger partial charge in [-0.2, -0.15) is 0 Å². The van der Waals surface area contributed by atoms with Gasteiger partial charge in [0.15, 0.2) is 0 Å². The standard InChI is InChI=1S/C22H26N2O3S/c25-21-22(13-5-2-6-14-22)19-16-18(11-12-20(19)23-21)24-28(26,27)15-7-10-17-8-3-1-4-9-17/h1,3-4,8-9,11-12,16,24H,2,5-7,10,13-15H2,(H,23,25). The lowest BCUT2D eigenvalue weighted by atomic mass is 9.70. The minimum atomic E-state index is -3.43. The minimum absolute atomic E-state index is 0.0602. The Morgan fingerprint density at radius 3 is 2.50 bits per heavy atom. The highest BCUT2D eigenvalue weighted by molar-refractivity contribution is 7.92. The van der Waals surface area contributed by atoms with Crippen molar-refractivity contribution >= 4 is 27.3 Å². The molecule has 4 rings (SSSR count). The maximum Gasteiger partial charge on any atom is 0.235 e. The van der Waals surface area contributed by atoms with E-state index >= 15 is 0 Å². The average Bonchev–Trinajstić information content (AvgIpc) is 2.94. The van der Waals surface area contributed by atoms with Crippen LogP contribution in [0.1, 0.15) is 49.7 Å². The number of carbonyl (C=O) groups excluding carboxylic acids is 1. The highest BCUT2D eigenvalue weighted by Crippen LogP contribution is 2.48. The van der Waals surface area contributed by atoms with E-state index in [-0.39, 0.29) is 11.7 Å². The number of sulfonamides is 1. The van der Waals surface area contributed by atoms with Crippen molar-refractivity contribution in [3.05, 3.63) is 59.7 Å². The van der Waals surface area contributed by atoms with Crippen molar-refractivity contribution in [3.63, 3.8) is 0 Å². The third-order valence-electron chi connectivity index (χ3n) is 5.92. The maximum atomic E-state index is 12.6. The van der Waals surface area contributed by atoms with Gasteiger partial charge in [0.1, 0.15) is 0 Å². The van der Waals surface area contributed by atoms with Gasteiger partial charge in [-0.05, 0) is 55.0 Å². The molecular formula is C22H26N2O3S. The zero-order chi connectivity index (χ0) is 19.6. The first-order chi connectivity index (χ1) is 13.5. The second kappa shape index (κ2) is 7.59. The molecule has 1 amide bonds. The van der Waals surface area contributed by atoms with E-state index in [2.05, 4.69) is 10.0 Å². The largest absolute Gasteiger partial charge is 0.325 e. The van der Waals surface area contributed by atoms with Crippen LogP contribution >= 0.6 is 0 Å². The number of hydrogen-bond acceptors (Lipinski definition) is 3. The van der Waals surface area contributed by atoms with Gasteiger partial charge in [0.05, 0.1) is 11.2 Å². The number of rotatable bonds is 6. The highest BCUT2D eigenvalue weighted by Gasteiger charge is 2.47. The predicted octanol–water partition coefficient (Wildman–Crippen LogP) is 4.22.